The average molecular weight is 308 g/mol. The van der Waals surface area contributed by atoms with Gasteiger partial charge in [-0.2, -0.15) is 0 Å². The Kier molecular flexibility index (Phi) is 3.36. The second-order valence-electron chi connectivity index (χ2n) is 3.51. The van der Waals surface area contributed by atoms with Gasteiger partial charge in [0.1, 0.15) is 4.21 Å². The summed E-state index contributed by atoms with van der Waals surface area (Å²) in [6.07, 6.45) is -0.321. The molecule has 1 amide bonds. The Morgan fingerprint density at radius 3 is 2.78 bits per heavy atom. The maximum absolute atomic E-state index is 11.6. The second kappa shape index (κ2) is 4.53. The number of carboxylic acids is 1. The maximum atomic E-state index is 11.6. The number of hydrogen-bond donors (Lipinski definition) is 3. The topological polar surface area (TPSA) is 127 Å². The third kappa shape index (κ3) is 2.66. The summed E-state index contributed by atoms with van der Waals surface area (Å²) in [6, 6.07) is 1.28. The van der Waals surface area contributed by atoms with Crippen molar-refractivity contribution in [3.8, 4) is 0 Å². The van der Waals surface area contributed by atoms with Crippen LogP contribution in [0.1, 0.15) is 6.42 Å². The molecule has 10 heteroatoms. The number of nitrogens with two attached hydrogens (primary N) is 1. The van der Waals surface area contributed by atoms with Crippen LogP contribution in [0.25, 0.3) is 0 Å². The number of carbonyl (C=O) groups excluding carboxylic acids is 1. The Bertz CT molecular complexity index is 621. The minimum atomic E-state index is -3.82. The highest BCUT2D eigenvalue weighted by atomic mass is 32.3. The van der Waals surface area contributed by atoms with Crippen LogP contribution in [0.5, 0.6) is 0 Å². The molecule has 98 valence electrons. The van der Waals surface area contributed by atoms with Crippen LogP contribution in [-0.4, -0.2) is 30.7 Å². The molecule has 1 aromatic rings. The van der Waals surface area contributed by atoms with E-state index in [0.717, 1.165) is 23.1 Å². The van der Waals surface area contributed by atoms with Gasteiger partial charge in [0.05, 0.1) is 21.6 Å². The van der Waals surface area contributed by atoms with Crippen molar-refractivity contribution in [1.82, 2.24) is 0 Å². The molecule has 2 heterocycles. The summed E-state index contributed by atoms with van der Waals surface area (Å²) in [6.45, 7) is 0. The first kappa shape index (κ1) is 13.3. The van der Waals surface area contributed by atoms with Gasteiger partial charge in [0.15, 0.2) is 0 Å². The normalized spacial score (nSPS) is 19.2. The smallest absolute Gasteiger partial charge is 0.305 e. The summed E-state index contributed by atoms with van der Waals surface area (Å²) in [4.78, 5) is 22.2. The van der Waals surface area contributed by atoms with Crippen LogP contribution < -0.4 is 10.5 Å². The van der Waals surface area contributed by atoms with E-state index in [1.165, 1.54) is 6.07 Å². The van der Waals surface area contributed by atoms with E-state index in [1.807, 2.05) is 0 Å². The number of amides is 1. The number of carboxylic acid groups (broad SMARTS) is 1. The van der Waals surface area contributed by atoms with Crippen molar-refractivity contribution in [1.29, 1.82) is 0 Å². The third-order valence-electron chi connectivity index (χ3n) is 2.12. The highest BCUT2D eigenvalue weighted by Gasteiger charge is 2.31. The molecule has 0 aromatic carbocycles. The van der Waals surface area contributed by atoms with Crippen LogP contribution in [-0.2, 0) is 19.6 Å². The van der Waals surface area contributed by atoms with Crippen LogP contribution in [0.4, 0.5) is 5.69 Å². The van der Waals surface area contributed by atoms with Crippen molar-refractivity contribution in [2.45, 2.75) is 20.1 Å². The molecule has 7 nitrogen and oxygen atoms in total. The van der Waals surface area contributed by atoms with Gasteiger partial charge in [-0.15, -0.1) is 11.3 Å². The van der Waals surface area contributed by atoms with Gasteiger partial charge in [0.2, 0.25) is 15.9 Å². The highest BCUT2D eigenvalue weighted by Crippen LogP contribution is 2.43. The van der Waals surface area contributed by atoms with Gasteiger partial charge in [-0.05, 0) is 6.07 Å². The molecular formula is C8H8N2O5S3. The first-order chi connectivity index (χ1) is 8.27. The number of hydrogen-bond acceptors (Lipinski definition) is 6. The molecule has 18 heavy (non-hydrogen) atoms. The fourth-order valence-corrected chi connectivity index (χ4v) is 4.79. The van der Waals surface area contributed by atoms with Gasteiger partial charge >= 0.3 is 5.97 Å². The molecule has 0 fully saturated rings. The predicted octanol–water partition coefficient (Wildman–Crippen LogP) is 0.283. The highest BCUT2D eigenvalue weighted by molar-refractivity contribution is 8.03. The molecule has 0 saturated carbocycles. The number of thioether (sulfide) groups is 1. The zero-order valence-corrected chi connectivity index (χ0v) is 11.2. The van der Waals surface area contributed by atoms with Crippen molar-refractivity contribution < 1.29 is 23.1 Å². The van der Waals surface area contributed by atoms with Crippen LogP contribution in [0.3, 0.4) is 0 Å². The van der Waals surface area contributed by atoms with E-state index in [1.54, 1.807) is 0 Å². The summed E-state index contributed by atoms with van der Waals surface area (Å²) in [5.74, 6) is -1.54. The molecule has 0 saturated heterocycles. The van der Waals surface area contributed by atoms with Gasteiger partial charge in [-0.1, -0.05) is 11.8 Å². The third-order valence-corrected chi connectivity index (χ3v) is 6.10. The molecule has 0 bridgehead atoms. The number of fused-ring (bicyclic) bond motifs is 1. The van der Waals surface area contributed by atoms with Gasteiger partial charge < -0.3 is 10.4 Å². The first-order valence-corrected chi connectivity index (χ1v) is 7.87. The fourth-order valence-electron chi connectivity index (χ4n) is 1.36. The van der Waals surface area contributed by atoms with Crippen LogP contribution in [0.2, 0.25) is 0 Å². The Morgan fingerprint density at radius 2 is 2.22 bits per heavy atom. The van der Waals surface area contributed by atoms with Gasteiger partial charge in [-0.3, -0.25) is 9.59 Å². The van der Waals surface area contributed by atoms with E-state index in [4.69, 9.17) is 10.2 Å². The molecule has 0 aliphatic carbocycles. The van der Waals surface area contributed by atoms with E-state index in [-0.39, 0.29) is 10.6 Å². The lowest BCUT2D eigenvalue weighted by atomic mass is 10.3. The molecule has 1 atom stereocenters. The van der Waals surface area contributed by atoms with Crippen LogP contribution in [0.15, 0.2) is 14.5 Å². The number of primary sulfonamides is 1. The number of sulfonamides is 1. The van der Waals surface area contributed by atoms with Gasteiger partial charge in [0, 0.05) is 0 Å². The van der Waals surface area contributed by atoms with Crippen LogP contribution >= 0.6 is 23.1 Å². The molecule has 1 aliphatic heterocycles. The van der Waals surface area contributed by atoms with Crippen LogP contribution in [0, 0.1) is 0 Å². The lowest BCUT2D eigenvalue weighted by molar-refractivity contribution is -0.138. The number of anilines is 1. The van der Waals surface area contributed by atoms with Crippen molar-refractivity contribution in [2.75, 3.05) is 5.32 Å². The Balaban J connectivity index is 2.31. The van der Waals surface area contributed by atoms with E-state index in [9.17, 15) is 18.0 Å². The number of carbonyl (C=O) groups is 2. The van der Waals surface area contributed by atoms with Crippen molar-refractivity contribution in [3.63, 3.8) is 0 Å². The predicted molar refractivity (Wildman–Crippen MR) is 66.2 cm³/mol. The quantitative estimate of drug-likeness (QED) is 0.736. The monoisotopic (exact) mass is 308 g/mol. The summed E-state index contributed by atoms with van der Waals surface area (Å²) < 4.78 is 22.8. The minimum absolute atomic E-state index is 0.0590. The maximum Gasteiger partial charge on any atom is 0.305 e. The van der Waals surface area contributed by atoms with E-state index in [0.29, 0.717) is 9.90 Å². The van der Waals surface area contributed by atoms with Gasteiger partial charge in [0.25, 0.3) is 0 Å². The minimum Gasteiger partial charge on any atom is -0.481 e. The largest absolute Gasteiger partial charge is 0.481 e. The summed E-state index contributed by atoms with van der Waals surface area (Å²) in [5.41, 5.74) is 0.362. The molecule has 1 unspecified atom stereocenters. The zero-order chi connectivity index (χ0) is 13.5. The second-order valence-corrected chi connectivity index (χ2v) is 7.82. The molecule has 4 N–H and O–H groups in total. The number of rotatable bonds is 3. The summed E-state index contributed by atoms with van der Waals surface area (Å²) in [7, 11) is -3.82. The van der Waals surface area contributed by atoms with Crippen molar-refractivity contribution in [2.24, 2.45) is 5.14 Å². The Labute approximate surface area is 110 Å². The molecular weight excluding hydrogens is 300 g/mol. The molecule has 2 rings (SSSR count). The molecule has 1 aromatic heterocycles. The lowest BCUT2D eigenvalue weighted by Gasteiger charge is -2.19. The van der Waals surface area contributed by atoms with Gasteiger partial charge in [-0.25, -0.2) is 13.6 Å². The first-order valence-electron chi connectivity index (χ1n) is 4.63. The zero-order valence-electron chi connectivity index (χ0n) is 8.74. The van der Waals surface area contributed by atoms with Crippen molar-refractivity contribution in [3.05, 3.63) is 6.07 Å². The number of thiophene rings is 1. The Morgan fingerprint density at radius 1 is 1.56 bits per heavy atom. The number of nitrogens with one attached hydrogen (secondary N) is 1. The van der Waals surface area contributed by atoms with E-state index in [2.05, 4.69) is 5.32 Å². The molecule has 0 radical (unpaired) electrons. The average Bonchev–Trinajstić information content (AvgIpc) is 2.59. The SMILES string of the molecule is NS(=O)(=O)c1cc2c(s1)SC(CC(=O)O)C(=O)N2. The molecule has 0 spiro atoms. The Hall–Kier alpha value is -1.10. The number of aliphatic carboxylic acids is 1. The van der Waals surface area contributed by atoms with Crippen molar-refractivity contribution >= 4 is 50.7 Å². The lowest BCUT2D eigenvalue weighted by Crippen LogP contribution is -2.30. The summed E-state index contributed by atoms with van der Waals surface area (Å²) in [5, 5.41) is 15.4. The van der Waals surface area contributed by atoms with E-state index >= 15 is 0 Å². The standard InChI is InChI=1S/C8H8N2O5S3/c9-18(14,15)6-1-3-8(17-6)16-4(2-5(11)12)7(13)10-3/h1,4H,2H2,(H,10,13)(H,11,12)(H2,9,14,15). The molecule has 1 aliphatic rings. The van der Waals surface area contributed by atoms with E-state index < -0.39 is 27.1 Å². The summed E-state index contributed by atoms with van der Waals surface area (Å²) >= 11 is 1.95. The fraction of sp³-hybridized carbons (Fsp3) is 0.250.